The molecule has 1 fully saturated rings. The van der Waals surface area contributed by atoms with E-state index in [1.165, 1.54) is 4.57 Å². The molecular weight excluding hydrogens is 459 g/mol. The summed E-state index contributed by atoms with van der Waals surface area (Å²) in [5.41, 5.74) is 5.28. The van der Waals surface area contributed by atoms with Gasteiger partial charge in [-0.05, 0) is 63.5 Å². The number of anilines is 1. The molecule has 2 N–H and O–H groups in total. The summed E-state index contributed by atoms with van der Waals surface area (Å²) in [6.07, 6.45) is -0.0583. The molecule has 184 valence electrons. The molecule has 0 saturated carbocycles. The number of nitrogen functional groups attached to an aromatic ring is 1. The molecule has 0 bridgehead atoms. The maximum Gasteiger partial charge on any atom is 0.351 e. The van der Waals surface area contributed by atoms with Crippen LogP contribution in [0.25, 0.3) is 0 Å². The average molecular weight is 502 g/mol. The molecule has 32 heavy (non-hydrogen) atoms. The summed E-state index contributed by atoms with van der Waals surface area (Å²) in [4.78, 5) is 16.6. The highest BCUT2D eigenvalue weighted by molar-refractivity contribution is 6.72. The smallest absolute Gasteiger partial charge is 0.351 e. The van der Waals surface area contributed by atoms with E-state index in [1.54, 1.807) is 12.3 Å². The Labute approximate surface area is 196 Å². The van der Waals surface area contributed by atoms with Crippen LogP contribution in [-0.2, 0) is 18.0 Å². The molecule has 2 heterocycles. The minimum Gasteiger partial charge on any atom is -0.415 e. The van der Waals surface area contributed by atoms with Gasteiger partial charge in [0.05, 0.1) is 6.61 Å². The molecule has 1 saturated heterocycles. The van der Waals surface area contributed by atoms with Crippen molar-refractivity contribution in [2.24, 2.45) is 0 Å². The summed E-state index contributed by atoms with van der Waals surface area (Å²) in [6.45, 7) is 20.1. The largest absolute Gasteiger partial charge is 0.415 e. The number of rotatable bonds is 11. The van der Waals surface area contributed by atoms with Crippen LogP contribution in [0.2, 0.25) is 57.4 Å². The molecule has 0 spiro atoms. The molecule has 1 aromatic rings. The predicted octanol–water partition coefficient (Wildman–Crippen LogP) is 4.18. The second kappa shape index (κ2) is 10.6. The molecule has 2 rings (SSSR count). The normalized spacial score (nSPS) is 24.8. The lowest BCUT2D eigenvalue weighted by Gasteiger charge is -2.36. The summed E-state index contributed by atoms with van der Waals surface area (Å²) in [7, 11) is -5.76. The third-order valence-electron chi connectivity index (χ3n) is 6.51. The van der Waals surface area contributed by atoms with Gasteiger partial charge in [0, 0.05) is 6.20 Å². The van der Waals surface area contributed by atoms with Gasteiger partial charge in [-0.2, -0.15) is 4.98 Å². The fourth-order valence-corrected chi connectivity index (χ4v) is 6.43. The van der Waals surface area contributed by atoms with Gasteiger partial charge in [-0.1, -0.05) is 20.8 Å². The SMILES string of the molecule is CC[Si](C)(C)OCC1OC(n2ccc(N)nc2=O)C(O[Si](C)(C)CC)C1O[Si](C)(C)CC. The molecular formula is C21H43N3O5Si3. The molecule has 0 radical (unpaired) electrons. The Morgan fingerprint density at radius 3 is 2.00 bits per heavy atom. The second-order valence-electron chi connectivity index (χ2n) is 10.4. The van der Waals surface area contributed by atoms with Crippen LogP contribution in [0.4, 0.5) is 5.82 Å². The second-order valence-corrected chi connectivity index (χ2v) is 23.9. The molecule has 4 atom stereocenters. The zero-order valence-electron chi connectivity index (χ0n) is 21.3. The Kier molecular flexibility index (Phi) is 9.10. The predicted molar refractivity (Wildman–Crippen MR) is 136 cm³/mol. The fraction of sp³-hybridized carbons (Fsp3) is 0.810. The van der Waals surface area contributed by atoms with E-state index < -0.39 is 43.0 Å². The maximum atomic E-state index is 12.7. The molecule has 0 aromatic carbocycles. The van der Waals surface area contributed by atoms with Crippen LogP contribution in [-0.4, -0.2) is 59.4 Å². The summed E-state index contributed by atoms with van der Waals surface area (Å²) < 4.78 is 27.8. The average Bonchev–Trinajstić information content (AvgIpc) is 3.02. The fourth-order valence-electron chi connectivity index (χ4n) is 3.27. The van der Waals surface area contributed by atoms with Crippen molar-refractivity contribution in [3.8, 4) is 0 Å². The van der Waals surface area contributed by atoms with E-state index in [-0.39, 0.29) is 18.0 Å². The maximum absolute atomic E-state index is 12.7. The first-order valence-electron chi connectivity index (χ1n) is 11.7. The molecule has 11 heteroatoms. The molecule has 8 nitrogen and oxygen atoms in total. The third-order valence-corrected chi connectivity index (χ3v) is 14.4. The van der Waals surface area contributed by atoms with Gasteiger partial charge in [0.25, 0.3) is 0 Å². The Balaban J connectivity index is 2.49. The van der Waals surface area contributed by atoms with Crippen molar-refractivity contribution in [3.63, 3.8) is 0 Å². The lowest BCUT2D eigenvalue weighted by molar-refractivity contribution is -0.0498. The van der Waals surface area contributed by atoms with E-state index in [1.807, 2.05) is 0 Å². The molecule has 4 unspecified atom stereocenters. The first-order valence-corrected chi connectivity index (χ1v) is 21.1. The lowest BCUT2D eigenvalue weighted by atomic mass is 10.1. The third kappa shape index (κ3) is 7.08. The number of aromatic nitrogens is 2. The Morgan fingerprint density at radius 1 is 0.969 bits per heavy atom. The summed E-state index contributed by atoms with van der Waals surface area (Å²) in [5, 5.41) is 0. The van der Waals surface area contributed by atoms with Gasteiger partial charge in [0.15, 0.2) is 31.2 Å². The highest BCUT2D eigenvalue weighted by Crippen LogP contribution is 2.38. The number of nitrogens with two attached hydrogens (primary N) is 1. The number of hydrogen-bond acceptors (Lipinski definition) is 7. The van der Waals surface area contributed by atoms with Gasteiger partial charge in [0.2, 0.25) is 0 Å². The molecule has 1 aromatic heterocycles. The van der Waals surface area contributed by atoms with Gasteiger partial charge in [0.1, 0.15) is 24.1 Å². The van der Waals surface area contributed by atoms with Crippen molar-refractivity contribution in [2.45, 2.75) is 103 Å². The van der Waals surface area contributed by atoms with Gasteiger partial charge in [-0.15, -0.1) is 0 Å². The van der Waals surface area contributed by atoms with Crippen LogP contribution in [0, 0.1) is 0 Å². The minimum absolute atomic E-state index is 0.188. The molecule has 1 aliphatic rings. The van der Waals surface area contributed by atoms with E-state index >= 15 is 0 Å². The van der Waals surface area contributed by atoms with Crippen LogP contribution in [0.3, 0.4) is 0 Å². The van der Waals surface area contributed by atoms with Crippen LogP contribution >= 0.6 is 0 Å². The van der Waals surface area contributed by atoms with Gasteiger partial charge in [-0.25, -0.2) is 4.79 Å². The number of nitrogens with zero attached hydrogens (tertiary/aromatic N) is 2. The van der Waals surface area contributed by atoms with Crippen LogP contribution in [0.5, 0.6) is 0 Å². The molecule has 0 aliphatic carbocycles. The van der Waals surface area contributed by atoms with Crippen molar-refractivity contribution in [3.05, 3.63) is 22.7 Å². The van der Waals surface area contributed by atoms with Crippen LogP contribution in [0.1, 0.15) is 27.0 Å². The zero-order valence-corrected chi connectivity index (χ0v) is 24.3. The first-order chi connectivity index (χ1) is 14.7. The summed E-state index contributed by atoms with van der Waals surface area (Å²) in [5.74, 6) is 0.188. The van der Waals surface area contributed by atoms with E-state index in [4.69, 9.17) is 23.7 Å². The van der Waals surface area contributed by atoms with E-state index in [9.17, 15) is 4.79 Å². The summed E-state index contributed by atoms with van der Waals surface area (Å²) >= 11 is 0. The van der Waals surface area contributed by atoms with E-state index in [2.05, 4.69) is 65.0 Å². The monoisotopic (exact) mass is 501 g/mol. The van der Waals surface area contributed by atoms with E-state index in [0.717, 1.165) is 18.1 Å². The number of hydrogen-bond donors (Lipinski definition) is 1. The Hall–Kier alpha value is -0.829. The molecule has 0 amide bonds. The Bertz CT molecular complexity index is 818. The van der Waals surface area contributed by atoms with E-state index in [0.29, 0.717) is 6.61 Å². The lowest BCUT2D eigenvalue weighted by Crippen LogP contribution is -2.50. The van der Waals surface area contributed by atoms with Gasteiger partial charge >= 0.3 is 5.69 Å². The highest BCUT2D eigenvalue weighted by atomic mass is 28.4. The molecule has 1 aliphatic heterocycles. The zero-order chi connectivity index (χ0) is 24.3. The van der Waals surface area contributed by atoms with Crippen molar-refractivity contribution >= 4 is 30.8 Å². The number of ether oxygens (including phenoxy) is 1. The first kappa shape index (κ1) is 27.4. The Morgan fingerprint density at radius 2 is 1.50 bits per heavy atom. The van der Waals surface area contributed by atoms with Crippen LogP contribution < -0.4 is 11.4 Å². The van der Waals surface area contributed by atoms with Crippen LogP contribution in [0.15, 0.2) is 17.1 Å². The van der Waals surface area contributed by atoms with Crippen molar-refractivity contribution in [2.75, 3.05) is 12.3 Å². The van der Waals surface area contributed by atoms with Crippen molar-refractivity contribution < 1.29 is 18.0 Å². The van der Waals surface area contributed by atoms with Gasteiger partial charge in [-0.3, -0.25) is 4.57 Å². The standard InChI is InChI=1S/C21H43N3O5Si3/c1-10-30(4,5)26-15-16-18(28-31(6,7)11-2)19(29-32(8,9)12-3)20(27-16)24-14-13-17(22)23-21(24)25/h13-14,16,18-20H,10-12,15H2,1-9H3,(H2,22,23,25). The highest BCUT2D eigenvalue weighted by Gasteiger charge is 2.51. The quantitative estimate of drug-likeness (QED) is 0.454. The van der Waals surface area contributed by atoms with Gasteiger partial charge < -0.3 is 23.7 Å². The van der Waals surface area contributed by atoms with Crippen molar-refractivity contribution in [1.82, 2.24) is 9.55 Å². The summed E-state index contributed by atoms with van der Waals surface area (Å²) in [6, 6.07) is 4.55. The topological polar surface area (TPSA) is 97.8 Å². The minimum atomic E-state index is -2.01. The van der Waals surface area contributed by atoms with Crippen molar-refractivity contribution in [1.29, 1.82) is 0 Å².